The second-order valence-electron chi connectivity index (χ2n) is 4.30. The Morgan fingerprint density at radius 2 is 2.00 bits per heavy atom. The molecule has 22 heavy (non-hydrogen) atoms. The molecule has 0 aliphatic rings. The summed E-state index contributed by atoms with van der Waals surface area (Å²) in [6.45, 7) is 0.481. The zero-order chi connectivity index (χ0) is 15.9. The van der Waals surface area contributed by atoms with E-state index in [1.807, 2.05) is 0 Å². The average Bonchev–Trinajstić information content (AvgIpc) is 2.53. The number of aldehydes is 1. The lowest BCUT2D eigenvalue weighted by Crippen LogP contribution is -2.04. The van der Waals surface area contributed by atoms with Crippen LogP contribution in [0.25, 0.3) is 0 Å². The highest BCUT2D eigenvalue weighted by Crippen LogP contribution is 2.33. The predicted molar refractivity (Wildman–Crippen MR) is 93.7 cm³/mol. The molecule has 0 saturated heterocycles. The van der Waals surface area contributed by atoms with E-state index < -0.39 is 0 Å². The molecule has 0 aromatic heterocycles. The van der Waals surface area contributed by atoms with Gasteiger partial charge in [0.1, 0.15) is 12.1 Å². The number of carbonyl (C=O) groups is 1. The van der Waals surface area contributed by atoms with Crippen molar-refractivity contribution < 1.29 is 18.7 Å². The molecule has 2 rings (SSSR count). The number of hydrogen-bond donors (Lipinski definition) is 0. The van der Waals surface area contributed by atoms with Crippen LogP contribution >= 0.6 is 34.4 Å². The molecular weight excluding hydrogens is 418 g/mol. The van der Waals surface area contributed by atoms with E-state index >= 15 is 0 Å². The molecule has 0 saturated carbocycles. The fourth-order valence-corrected chi connectivity index (χ4v) is 3.29. The maximum absolute atomic E-state index is 12.8. The van der Waals surface area contributed by atoms with Crippen LogP contribution in [0.4, 0.5) is 4.39 Å². The van der Waals surface area contributed by atoms with Gasteiger partial charge in [0.2, 0.25) is 0 Å². The molecule has 0 aliphatic carbocycles. The van der Waals surface area contributed by atoms with Crippen molar-refractivity contribution in [1.29, 1.82) is 0 Å². The molecule has 0 radical (unpaired) electrons. The van der Waals surface area contributed by atoms with E-state index in [0.29, 0.717) is 23.7 Å². The van der Waals surface area contributed by atoms with Crippen molar-refractivity contribution in [2.45, 2.75) is 4.90 Å². The summed E-state index contributed by atoms with van der Waals surface area (Å²) in [5.41, 5.74) is 0.550. The molecule has 2 aromatic rings. The smallest absolute Gasteiger partial charge is 0.174 e. The average molecular weight is 432 g/mol. The molecule has 6 heteroatoms. The third kappa shape index (κ3) is 4.61. The molecule has 2 aromatic carbocycles. The van der Waals surface area contributed by atoms with Gasteiger partial charge in [-0.3, -0.25) is 4.79 Å². The first-order valence-electron chi connectivity index (χ1n) is 6.48. The number of halogens is 2. The molecule has 3 nitrogen and oxygen atoms in total. The van der Waals surface area contributed by atoms with Gasteiger partial charge in [-0.05, 0) is 59.0 Å². The Morgan fingerprint density at radius 3 is 2.64 bits per heavy atom. The Hall–Kier alpha value is -1.28. The predicted octanol–water partition coefficient (Wildman–Crippen LogP) is 4.42. The van der Waals surface area contributed by atoms with Crippen LogP contribution in [-0.4, -0.2) is 25.8 Å². The quantitative estimate of drug-likeness (QED) is 0.281. The lowest BCUT2D eigenvalue weighted by atomic mass is 10.2. The minimum absolute atomic E-state index is 0.241. The zero-order valence-electron chi connectivity index (χ0n) is 11.8. The van der Waals surface area contributed by atoms with Crippen LogP contribution in [-0.2, 0) is 0 Å². The van der Waals surface area contributed by atoms with Gasteiger partial charge in [0.05, 0.1) is 17.3 Å². The van der Waals surface area contributed by atoms with Crippen molar-refractivity contribution in [1.82, 2.24) is 0 Å². The fourth-order valence-electron chi connectivity index (χ4n) is 1.78. The molecule has 0 fully saturated rings. The summed E-state index contributed by atoms with van der Waals surface area (Å²) in [4.78, 5) is 11.8. The van der Waals surface area contributed by atoms with E-state index in [-0.39, 0.29) is 5.82 Å². The number of hydrogen-bond acceptors (Lipinski definition) is 4. The monoisotopic (exact) mass is 432 g/mol. The van der Waals surface area contributed by atoms with Crippen LogP contribution in [0.2, 0.25) is 0 Å². The number of thioether (sulfide) groups is 1. The Morgan fingerprint density at radius 1 is 1.27 bits per heavy atom. The van der Waals surface area contributed by atoms with Crippen LogP contribution in [0, 0.1) is 9.39 Å². The molecule has 0 bridgehead atoms. The molecule has 0 aliphatic heterocycles. The largest absolute Gasteiger partial charge is 0.493 e. The number of benzene rings is 2. The number of ether oxygens (including phenoxy) is 2. The minimum atomic E-state index is -0.241. The van der Waals surface area contributed by atoms with Crippen LogP contribution in [0.5, 0.6) is 11.5 Å². The van der Waals surface area contributed by atoms with Crippen LogP contribution in [0.15, 0.2) is 41.3 Å². The van der Waals surface area contributed by atoms with Gasteiger partial charge in [0.15, 0.2) is 11.5 Å². The molecule has 0 unspecified atom stereocenters. The van der Waals surface area contributed by atoms with Gasteiger partial charge in [-0.2, -0.15) is 0 Å². The van der Waals surface area contributed by atoms with Crippen LogP contribution < -0.4 is 9.47 Å². The van der Waals surface area contributed by atoms with Gasteiger partial charge in [-0.25, -0.2) is 4.39 Å². The zero-order valence-corrected chi connectivity index (χ0v) is 14.8. The molecule has 0 amide bonds. The Kier molecular flexibility index (Phi) is 6.50. The number of rotatable bonds is 7. The summed E-state index contributed by atoms with van der Waals surface area (Å²) in [5, 5.41) is 0. The SMILES string of the molecule is COc1cc(C=O)cc(I)c1OCCSc1ccc(F)cc1. The third-order valence-corrected chi connectivity index (χ3v) is 4.58. The van der Waals surface area contributed by atoms with E-state index in [4.69, 9.17) is 9.47 Å². The van der Waals surface area contributed by atoms with Crippen molar-refractivity contribution in [3.63, 3.8) is 0 Å². The maximum atomic E-state index is 12.8. The van der Waals surface area contributed by atoms with Gasteiger partial charge < -0.3 is 9.47 Å². The van der Waals surface area contributed by atoms with E-state index in [1.54, 1.807) is 43.1 Å². The summed E-state index contributed by atoms with van der Waals surface area (Å²) >= 11 is 3.70. The topological polar surface area (TPSA) is 35.5 Å². The van der Waals surface area contributed by atoms with E-state index in [0.717, 1.165) is 20.5 Å². The Bertz CT molecular complexity index is 647. The molecule has 0 N–H and O–H groups in total. The third-order valence-electron chi connectivity index (χ3n) is 2.80. The van der Waals surface area contributed by atoms with Gasteiger partial charge in [-0.15, -0.1) is 11.8 Å². The summed E-state index contributed by atoms with van der Waals surface area (Å²) in [7, 11) is 1.54. The summed E-state index contributed by atoms with van der Waals surface area (Å²) in [6.07, 6.45) is 0.777. The molecule has 0 atom stereocenters. The van der Waals surface area contributed by atoms with E-state index in [1.165, 1.54) is 12.1 Å². The normalized spacial score (nSPS) is 10.3. The fraction of sp³-hybridized carbons (Fsp3) is 0.188. The van der Waals surface area contributed by atoms with Gasteiger partial charge in [0.25, 0.3) is 0 Å². The Balaban J connectivity index is 1.94. The molecule has 0 heterocycles. The first-order valence-corrected chi connectivity index (χ1v) is 8.54. The first kappa shape index (κ1) is 17.1. The second kappa shape index (κ2) is 8.38. The highest BCUT2D eigenvalue weighted by molar-refractivity contribution is 14.1. The highest BCUT2D eigenvalue weighted by Gasteiger charge is 2.11. The minimum Gasteiger partial charge on any atom is -0.493 e. The van der Waals surface area contributed by atoms with E-state index in [2.05, 4.69) is 22.6 Å². The van der Waals surface area contributed by atoms with Crippen molar-refractivity contribution in [2.24, 2.45) is 0 Å². The number of methoxy groups -OCH3 is 1. The van der Waals surface area contributed by atoms with Gasteiger partial charge >= 0.3 is 0 Å². The van der Waals surface area contributed by atoms with Crippen molar-refractivity contribution >= 4 is 40.6 Å². The first-order chi connectivity index (χ1) is 10.6. The lowest BCUT2D eigenvalue weighted by Gasteiger charge is -2.13. The molecule has 0 spiro atoms. The second-order valence-corrected chi connectivity index (χ2v) is 6.63. The van der Waals surface area contributed by atoms with Gasteiger partial charge in [0, 0.05) is 16.2 Å². The highest BCUT2D eigenvalue weighted by atomic mass is 127. The van der Waals surface area contributed by atoms with Crippen LogP contribution in [0.3, 0.4) is 0 Å². The van der Waals surface area contributed by atoms with Crippen molar-refractivity contribution in [3.05, 3.63) is 51.3 Å². The van der Waals surface area contributed by atoms with Crippen molar-refractivity contribution in [2.75, 3.05) is 19.5 Å². The van der Waals surface area contributed by atoms with E-state index in [9.17, 15) is 9.18 Å². The van der Waals surface area contributed by atoms with Crippen LogP contribution in [0.1, 0.15) is 10.4 Å². The standard InChI is InChI=1S/C16H14FIO3S/c1-20-15-9-11(10-19)8-14(18)16(15)21-6-7-22-13-4-2-12(17)3-5-13/h2-5,8-10H,6-7H2,1H3. The maximum Gasteiger partial charge on any atom is 0.174 e. The van der Waals surface area contributed by atoms with Crippen molar-refractivity contribution in [3.8, 4) is 11.5 Å². The number of carbonyl (C=O) groups excluding carboxylic acids is 1. The summed E-state index contributed by atoms with van der Waals surface area (Å²) in [6, 6.07) is 9.75. The molecule has 116 valence electrons. The summed E-state index contributed by atoms with van der Waals surface area (Å²) in [5.74, 6) is 1.66. The lowest BCUT2D eigenvalue weighted by molar-refractivity contribution is 0.112. The van der Waals surface area contributed by atoms with Gasteiger partial charge in [-0.1, -0.05) is 0 Å². The summed E-state index contributed by atoms with van der Waals surface area (Å²) < 4.78 is 24.7. The Labute approximate surface area is 146 Å². The molecular formula is C16H14FIO3S.